The fourth-order valence-corrected chi connectivity index (χ4v) is 5.32. The van der Waals surface area contributed by atoms with E-state index in [1.807, 2.05) is 12.1 Å². The van der Waals surface area contributed by atoms with Crippen molar-refractivity contribution in [2.24, 2.45) is 0 Å². The van der Waals surface area contributed by atoms with Crippen molar-refractivity contribution in [3.63, 3.8) is 0 Å². The molecule has 5 rings (SSSR count). The minimum absolute atomic E-state index is 0.0857. The van der Waals surface area contributed by atoms with Crippen molar-refractivity contribution in [1.29, 1.82) is 0 Å². The van der Waals surface area contributed by atoms with Gasteiger partial charge in [0, 0.05) is 30.8 Å². The number of hydrogen-bond acceptors (Lipinski definition) is 7. The van der Waals surface area contributed by atoms with Crippen LogP contribution >= 0.6 is 23.5 Å². The first-order valence-electron chi connectivity index (χ1n) is 12.6. The molecule has 1 aromatic heterocycles. The zero-order valence-corrected chi connectivity index (χ0v) is 22.1. The molecule has 0 spiro atoms. The molecule has 194 valence electrons. The fourth-order valence-electron chi connectivity index (χ4n) is 4.88. The molecule has 36 heavy (non-hydrogen) atoms. The van der Waals surface area contributed by atoms with Crippen molar-refractivity contribution in [3.05, 3.63) is 57.6 Å². The normalized spacial score (nSPS) is 21.4. The molecule has 0 radical (unpaired) electrons. The lowest BCUT2D eigenvalue weighted by molar-refractivity contribution is -0.0242. The average molecular weight is 535 g/mol. The summed E-state index contributed by atoms with van der Waals surface area (Å²) in [7, 11) is 0. The molecule has 2 unspecified atom stereocenters. The highest BCUT2D eigenvalue weighted by molar-refractivity contribution is 7.96. The molecule has 2 N–H and O–H groups in total. The molecular formula is C26H32ClFN4O3S. The number of nitrogens with zero attached hydrogens (tertiary/aromatic N) is 3. The van der Waals surface area contributed by atoms with Crippen LogP contribution in [0.15, 0.2) is 24.3 Å². The second-order valence-corrected chi connectivity index (χ2v) is 11.1. The molecule has 2 aromatic rings. The number of nitrogens with one attached hydrogen (secondary N) is 1. The van der Waals surface area contributed by atoms with Crippen molar-refractivity contribution in [2.75, 3.05) is 19.3 Å². The SMILES string of the molecule is CSN(O)NC(=O)c1cc(C2CC2)c(OC2CCCN(C(C)c3ccc(Cl)c(C4CC4)n3)C2)cc1F. The van der Waals surface area contributed by atoms with Gasteiger partial charge in [-0.15, -0.1) is 0 Å². The number of likely N-dealkylation sites (tertiary alicyclic amines) is 1. The Morgan fingerprint density at radius 2 is 2.03 bits per heavy atom. The molecule has 7 nitrogen and oxygen atoms in total. The monoisotopic (exact) mass is 534 g/mol. The minimum Gasteiger partial charge on any atom is -0.489 e. The van der Waals surface area contributed by atoms with E-state index in [4.69, 9.17) is 21.3 Å². The molecule has 1 amide bonds. The number of rotatable bonds is 9. The number of hydrogen-bond donors (Lipinski definition) is 2. The number of amides is 1. The number of hydrazine groups is 1. The van der Waals surface area contributed by atoms with Gasteiger partial charge >= 0.3 is 0 Å². The van der Waals surface area contributed by atoms with Crippen molar-refractivity contribution >= 4 is 29.5 Å². The van der Waals surface area contributed by atoms with Crippen LogP contribution in [0.3, 0.4) is 0 Å². The van der Waals surface area contributed by atoms with Gasteiger partial charge in [-0.3, -0.25) is 25.3 Å². The molecule has 0 bridgehead atoms. The summed E-state index contributed by atoms with van der Waals surface area (Å²) in [4.78, 5) is 19.7. The van der Waals surface area contributed by atoms with Crippen LogP contribution in [-0.4, -0.2) is 51.0 Å². The summed E-state index contributed by atoms with van der Waals surface area (Å²) in [6.45, 7) is 3.82. The molecule has 1 aromatic carbocycles. The third kappa shape index (κ3) is 5.81. The summed E-state index contributed by atoms with van der Waals surface area (Å²) in [6.07, 6.45) is 7.64. The van der Waals surface area contributed by atoms with Crippen LogP contribution in [0.1, 0.15) is 90.6 Å². The maximum atomic E-state index is 15.0. The Morgan fingerprint density at radius 3 is 2.72 bits per heavy atom. The van der Waals surface area contributed by atoms with Crippen LogP contribution in [0.25, 0.3) is 0 Å². The number of benzene rings is 1. The summed E-state index contributed by atoms with van der Waals surface area (Å²) in [5.41, 5.74) is 5.03. The standard InChI is InChI=1S/C26H32ClFN4O3S/c1-15(23-10-9-21(27)25(29-23)17-7-8-17)31-11-3-4-18(14-31)35-24-13-22(28)20(12-19(24)16-5-6-16)26(33)30-32(34)36-2/h9-10,12-13,15-18,34H,3-8,11,14H2,1-2H3,(H,30,33). The van der Waals surface area contributed by atoms with Crippen molar-refractivity contribution < 1.29 is 19.1 Å². The van der Waals surface area contributed by atoms with E-state index in [0.717, 1.165) is 79.0 Å². The van der Waals surface area contributed by atoms with Gasteiger partial charge in [0.2, 0.25) is 0 Å². The van der Waals surface area contributed by atoms with E-state index in [1.165, 1.54) is 6.07 Å². The maximum absolute atomic E-state index is 15.0. The maximum Gasteiger partial charge on any atom is 0.271 e. The third-order valence-electron chi connectivity index (χ3n) is 7.27. The van der Waals surface area contributed by atoms with Gasteiger partial charge < -0.3 is 4.74 Å². The topological polar surface area (TPSA) is 77.9 Å². The number of carbonyl (C=O) groups excluding carboxylic acids is 1. The van der Waals surface area contributed by atoms with E-state index in [2.05, 4.69) is 17.2 Å². The summed E-state index contributed by atoms with van der Waals surface area (Å²) in [5.74, 6) is -0.103. The highest BCUT2D eigenvalue weighted by Gasteiger charge is 2.33. The Morgan fingerprint density at radius 1 is 1.28 bits per heavy atom. The molecule has 3 fully saturated rings. The highest BCUT2D eigenvalue weighted by atomic mass is 35.5. The lowest BCUT2D eigenvalue weighted by atomic mass is 10.0. The fraction of sp³-hybridized carbons (Fsp3) is 0.538. The van der Waals surface area contributed by atoms with Crippen LogP contribution < -0.4 is 10.2 Å². The Bertz CT molecular complexity index is 1130. The Hall–Kier alpha value is -1.91. The molecule has 3 aliphatic rings. The predicted octanol–water partition coefficient (Wildman–Crippen LogP) is 5.85. The first-order valence-corrected chi connectivity index (χ1v) is 14.1. The largest absolute Gasteiger partial charge is 0.489 e. The second kappa shape index (κ2) is 10.8. The van der Waals surface area contributed by atoms with E-state index in [0.29, 0.717) is 22.8 Å². The van der Waals surface area contributed by atoms with Crippen LogP contribution in [0.2, 0.25) is 5.02 Å². The van der Waals surface area contributed by atoms with Gasteiger partial charge in [0.15, 0.2) is 0 Å². The first kappa shape index (κ1) is 25.7. The molecule has 10 heteroatoms. The number of pyridine rings is 1. The summed E-state index contributed by atoms with van der Waals surface area (Å²) >= 11 is 7.29. The number of ether oxygens (including phenoxy) is 1. The van der Waals surface area contributed by atoms with Crippen LogP contribution in [-0.2, 0) is 0 Å². The number of carbonyl (C=O) groups is 1. The molecule has 1 saturated heterocycles. The highest BCUT2D eigenvalue weighted by Crippen LogP contribution is 2.46. The van der Waals surface area contributed by atoms with Gasteiger partial charge in [-0.1, -0.05) is 11.6 Å². The van der Waals surface area contributed by atoms with Crippen LogP contribution in [0.4, 0.5) is 4.39 Å². The minimum atomic E-state index is -0.698. The first-order chi connectivity index (χ1) is 17.3. The quantitative estimate of drug-likeness (QED) is 0.309. The molecular weight excluding hydrogens is 503 g/mol. The van der Waals surface area contributed by atoms with Gasteiger partial charge in [0.25, 0.3) is 5.91 Å². The average Bonchev–Trinajstić information content (AvgIpc) is 3.78. The Kier molecular flexibility index (Phi) is 7.74. The molecule has 2 saturated carbocycles. The summed E-state index contributed by atoms with van der Waals surface area (Å²) in [5, 5.41) is 10.3. The predicted molar refractivity (Wildman–Crippen MR) is 138 cm³/mol. The van der Waals surface area contributed by atoms with Gasteiger partial charge in [-0.2, -0.15) is 0 Å². The summed E-state index contributed by atoms with van der Waals surface area (Å²) in [6, 6.07) is 7.00. The van der Waals surface area contributed by atoms with Crippen molar-refractivity contribution in [3.8, 4) is 5.75 Å². The number of halogens is 2. The van der Waals surface area contributed by atoms with E-state index in [-0.39, 0.29) is 23.6 Å². The zero-order valence-electron chi connectivity index (χ0n) is 20.5. The van der Waals surface area contributed by atoms with E-state index in [1.54, 1.807) is 12.3 Å². The van der Waals surface area contributed by atoms with Crippen LogP contribution in [0.5, 0.6) is 5.75 Å². The summed E-state index contributed by atoms with van der Waals surface area (Å²) < 4.78 is 21.9. The third-order valence-corrected chi connectivity index (χ3v) is 8.03. The van der Waals surface area contributed by atoms with Gasteiger partial charge in [-0.05, 0) is 98.2 Å². The number of piperidine rings is 1. The van der Waals surface area contributed by atoms with Gasteiger partial charge in [0.05, 0.1) is 22.0 Å². The molecule has 1 aliphatic heterocycles. The zero-order chi connectivity index (χ0) is 25.4. The Balaban J connectivity index is 1.30. The van der Waals surface area contributed by atoms with Crippen molar-refractivity contribution in [2.45, 2.75) is 69.4 Å². The Labute approximate surface area is 220 Å². The van der Waals surface area contributed by atoms with Crippen molar-refractivity contribution in [1.82, 2.24) is 19.9 Å². The second-order valence-electron chi connectivity index (χ2n) is 9.97. The van der Waals surface area contributed by atoms with Crippen LogP contribution in [0, 0.1) is 5.82 Å². The molecule has 2 aliphatic carbocycles. The lowest BCUT2D eigenvalue weighted by Crippen LogP contribution is -2.42. The van der Waals surface area contributed by atoms with E-state index >= 15 is 0 Å². The molecule has 2 atom stereocenters. The van der Waals surface area contributed by atoms with E-state index < -0.39 is 11.7 Å². The van der Waals surface area contributed by atoms with E-state index in [9.17, 15) is 14.4 Å². The smallest absolute Gasteiger partial charge is 0.271 e. The van der Waals surface area contributed by atoms with Gasteiger partial charge in [0.1, 0.15) is 17.7 Å². The lowest BCUT2D eigenvalue weighted by Gasteiger charge is -2.37. The molecule has 2 heterocycles. The number of aromatic nitrogens is 1. The van der Waals surface area contributed by atoms with Gasteiger partial charge in [-0.25, -0.2) is 4.39 Å².